The van der Waals surface area contributed by atoms with Gasteiger partial charge in [0.2, 0.25) is 0 Å². The number of rotatable bonds is 12. The molecule has 0 amide bonds. The van der Waals surface area contributed by atoms with Gasteiger partial charge in [0, 0.05) is 12.3 Å². The fraction of sp³-hybridized carbons (Fsp3) is 0.577. The van der Waals surface area contributed by atoms with Crippen LogP contribution in [0.3, 0.4) is 0 Å². The molecule has 3 rings (SSSR count). The molecule has 1 aromatic carbocycles. The van der Waals surface area contributed by atoms with Gasteiger partial charge in [-0.1, -0.05) is 54.1 Å². The molecule has 2 bridgehead atoms. The van der Waals surface area contributed by atoms with E-state index < -0.39 is 12.1 Å². The molecule has 2 aliphatic rings. The molecule has 0 aromatic heterocycles. The van der Waals surface area contributed by atoms with Crippen molar-refractivity contribution in [2.24, 2.45) is 11.8 Å². The second-order valence-electron chi connectivity index (χ2n) is 8.85. The van der Waals surface area contributed by atoms with Crippen molar-refractivity contribution < 1.29 is 19.7 Å². The van der Waals surface area contributed by atoms with Gasteiger partial charge >= 0.3 is 5.97 Å². The number of benzene rings is 1. The van der Waals surface area contributed by atoms with Gasteiger partial charge < -0.3 is 14.9 Å². The molecule has 5 unspecified atom stereocenters. The van der Waals surface area contributed by atoms with Crippen molar-refractivity contribution in [3.05, 3.63) is 59.7 Å². The molecule has 5 atom stereocenters. The van der Waals surface area contributed by atoms with E-state index in [9.17, 15) is 9.90 Å². The summed E-state index contributed by atoms with van der Waals surface area (Å²) in [6.45, 7) is 2.09. The highest BCUT2D eigenvalue weighted by molar-refractivity contribution is 5.66. The first-order chi connectivity index (χ1) is 14.5. The van der Waals surface area contributed by atoms with Crippen LogP contribution in [0.15, 0.2) is 48.6 Å². The van der Waals surface area contributed by atoms with Gasteiger partial charge in [0.15, 0.2) is 0 Å². The van der Waals surface area contributed by atoms with Crippen LogP contribution in [0.4, 0.5) is 0 Å². The zero-order valence-corrected chi connectivity index (χ0v) is 18.1. The van der Waals surface area contributed by atoms with E-state index in [0.29, 0.717) is 24.0 Å². The summed E-state index contributed by atoms with van der Waals surface area (Å²) in [5.74, 6) is 0.155. The van der Waals surface area contributed by atoms with Crippen molar-refractivity contribution >= 4 is 5.97 Å². The molecule has 30 heavy (non-hydrogen) atoms. The van der Waals surface area contributed by atoms with Crippen LogP contribution in [0.25, 0.3) is 0 Å². The molecular formula is C26H36O4. The number of hydrogen-bond donors (Lipinski definition) is 2. The SMILES string of the molecule is Cc1ccc(CCC(O)/C=C/C2C3CCC(O3)C2C/C=C/CCCCC(=O)O)cc1. The monoisotopic (exact) mass is 412 g/mol. The Morgan fingerprint density at radius 2 is 1.93 bits per heavy atom. The third kappa shape index (κ3) is 6.82. The van der Waals surface area contributed by atoms with E-state index in [2.05, 4.69) is 49.4 Å². The van der Waals surface area contributed by atoms with Crippen molar-refractivity contribution in [3.8, 4) is 0 Å². The van der Waals surface area contributed by atoms with E-state index >= 15 is 0 Å². The minimum absolute atomic E-state index is 0.257. The van der Waals surface area contributed by atoms with Gasteiger partial charge in [-0.2, -0.15) is 0 Å². The van der Waals surface area contributed by atoms with Gasteiger partial charge in [0.1, 0.15) is 0 Å². The number of carboxylic acid groups (broad SMARTS) is 1. The van der Waals surface area contributed by atoms with Crippen LogP contribution in [0.5, 0.6) is 0 Å². The van der Waals surface area contributed by atoms with Crippen LogP contribution in [-0.4, -0.2) is 34.5 Å². The number of ether oxygens (including phenoxy) is 1. The quantitative estimate of drug-likeness (QED) is 0.364. The number of carboxylic acids is 1. The summed E-state index contributed by atoms with van der Waals surface area (Å²) < 4.78 is 6.16. The number of allylic oxidation sites excluding steroid dienone is 2. The average molecular weight is 413 g/mol. The molecule has 164 valence electrons. The molecule has 0 saturated carbocycles. The Morgan fingerprint density at radius 1 is 1.17 bits per heavy atom. The number of unbranched alkanes of at least 4 members (excludes halogenated alkanes) is 2. The zero-order valence-electron chi connectivity index (χ0n) is 18.1. The van der Waals surface area contributed by atoms with E-state index in [0.717, 1.165) is 51.4 Å². The lowest BCUT2D eigenvalue weighted by molar-refractivity contribution is -0.137. The second-order valence-corrected chi connectivity index (χ2v) is 8.85. The molecule has 4 nitrogen and oxygen atoms in total. The van der Waals surface area contributed by atoms with Crippen LogP contribution >= 0.6 is 0 Å². The minimum Gasteiger partial charge on any atom is -0.481 e. The Labute approximate surface area is 180 Å². The Bertz CT molecular complexity index is 721. The fourth-order valence-corrected chi connectivity index (χ4v) is 4.72. The zero-order chi connectivity index (χ0) is 21.3. The lowest BCUT2D eigenvalue weighted by Crippen LogP contribution is -2.25. The summed E-state index contributed by atoms with van der Waals surface area (Å²) in [6, 6.07) is 8.52. The lowest BCUT2D eigenvalue weighted by atomic mass is 9.77. The van der Waals surface area contributed by atoms with Crippen LogP contribution in [0, 0.1) is 18.8 Å². The first-order valence-corrected chi connectivity index (χ1v) is 11.5. The van der Waals surface area contributed by atoms with Gasteiger partial charge in [-0.3, -0.25) is 4.79 Å². The highest BCUT2D eigenvalue weighted by Crippen LogP contribution is 2.45. The van der Waals surface area contributed by atoms with Crippen molar-refractivity contribution in [3.63, 3.8) is 0 Å². The van der Waals surface area contributed by atoms with Gasteiger partial charge in [-0.15, -0.1) is 0 Å². The number of fused-ring (bicyclic) bond motifs is 2. The van der Waals surface area contributed by atoms with E-state index in [1.54, 1.807) is 0 Å². The second kappa shape index (κ2) is 11.5. The van der Waals surface area contributed by atoms with Gasteiger partial charge in [-0.05, 0) is 69.8 Å². The molecule has 2 N–H and O–H groups in total. The van der Waals surface area contributed by atoms with Crippen molar-refractivity contribution in [1.29, 1.82) is 0 Å². The molecule has 2 fully saturated rings. The summed E-state index contributed by atoms with van der Waals surface area (Å²) >= 11 is 0. The Morgan fingerprint density at radius 3 is 2.70 bits per heavy atom. The topological polar surface area (TPSA) is 66.8 Å². The molecular weight excluding hydrogens is 376 g/mol. The predicted octanol–water partition coefficient (Wildman–Crippen LogP) is 5.23. The molecule has 0 aliphatic carbocycles. The number of aliphatic hydroxyl groups excluding tert-OH is 1. The summed E-state index contributed by atoms with van der Waals surface area (Å²) in [6.07, 6.45) is 16.6. The summed E-state index contributed by atoms with van der Waals surface area (Å²) in [4.78, 5) is 10.6. The molecule has 1 aromatic rings. The first-order valence-electron chi connectivity index (χ1n) is 11.5. The third-order valence-electron chi connectivity index (χ3n) is 6.48. The van der Waals surface area contributed by atoms with Crippen molar-refractivity contribution in [2.45, 2.75) is 83.0 Å². The van der Waals surface area contributed by atoms with Crippen molar-refractivity contribution in [1.82, 2.24) is 0 Å². The van der Waals surface area contributed by atoms with Gasteiger partial charge in [0.05, 0.1) is 18.3 Å². The van der Waals surface area contributed by atoms with Crippen LogP contribution in [0.1, 0.15) is 62.5 Å². The molecule has 0 spiro atoms. The minimum atomic E-state index is -0.714. The smallest absolute Gasteiger partial charge is 0.303 e. The normalized spacial score (nSPS) is 26.7. The molecule has 4 heteroatoms. The summed E-state index contributed by atoms with van der Waals surface area (Å²) in [5.41, 5.74) is 2.53. The highest BCUT2D eigenvalue weighted by Gasteiger charge is 2.46. The maximum Gasteiger partial charge on any atom is 0.303 e. The van der Waals surface area contributed by atoms with Crippen LogP contribution in [0.2, 0.25) is 0 Å². The third-order valence-corrected chi connectivity index (χ3v) is 6.48. The van der Waals surface area contributed by atoms with E-state index in [-0.39, 0.29) is 6.42 Å². The van der Waals surface area contributed by atoms with Crippen LogP contribution in [-0.2, 0) is 16.0 Å². The predicted molar refractivity (Wildman–Crippen MR) is 119 cm³/mol. The maximum atomic E-state index is 10.6. The van der Waals surface area contributed by atoms with E-state index in [1.807, 2.05) is 6.08 Å². The molecule has 2 aliphatic heterocycles. The molecule has 0 radical (unpaired) electrons. The number of carbonyl (C=O) groups is 1. The maximum absolute atomic E-state index is 10.6. The van der Waals surface area contributed by atoms with E-state index in [1.165, 1.54) is 11.1 Å². The number of aryl methyl sites for hydroxylation is 2. The van der Waals surface area contributed by atoms with Gasteiger partial charge in [-0.25, -0.2) is 0 Å². The summed E-state index contributed by atoms with van der Waals surface area (Å²) in [5, 5.41) is 19.1. The lowest BCUT2D eigenvalue weighted by Gasteiger charge is -2.25. The Hall–Kier alpha value is -1.91. The first kappa shape index (κ1) is 22.8. The molecule has 2 saturated heterocycles. The largest absolute Gasteiger partial charge is 0.481 e. The molecule has 2 heterocycles. The number of hydrogen-bond acceptors (Lipinski definition) is 3. The van der Waals surface area contributed by atoms with Crippen LogP contribution < -0.4 is 0 Å². The highest BCUT2D eigenvalue weighted by atomic mass is 16.5. The van der Waals surface area contributed by atoms with E-state index in [4.69, 9.17) is 9.84 Å². The van der Waals surface area contributed by atoms with Crippen molar-refractivity contribution in [2.75, 3.05) is 0 Å². The fourth-order valence-electron chi connectivity index (χ4n) is 4.72. The average Bonchev–Trinajstić information content (AvgIpc) is 3.32. The van der Waals surface area contributed by atoms with Gasteiger partial charge in [0.25, 0.3) is 0 Å². The standard InChI is InChI=1S/C26H36O4/c1-19-9-11-20(12-10-19)13-14-21(27)15-16-23-22(24-17-18-25(23)30-24)7-5-3-2-4-6-8-26(28)29/h3,5,9-12,15-16,21-25,27H,2,4,6-8,13-14,17-18H2,1H3,(H,28,29)/b5-3+,16-15+. The number of aliphatic carboxylic acids is 1. The number of aliphatic hydroxyl groups is 1. The summed E-state index contributed by atoms with van der Waals surface area (Å²) in [7, 11) is 0. The Balaban J connectivity index is 1.43. The Kier molecular flexibility index (Phi) is 8.71.